The molecule has 21 heavy (non-hydrogen) atoms. The predicted octanol–water partition coefficient (Wildman–Crippen LogP) is 4.50. The van der Waals surface area contributed by atoms with Gasteiger partial charge in [-0.15, -0.1) is 0 Å². The normalized spacial score (nSPS) is 16.6. The highest BCUT2D eigenvalue weighted by atomic mass is 79.9. The standard InChI is InChI=1S/C14H9BrCl2N2O2/c15-7-4-6-9(19-14(20)13(6)18)5-11(7)21-10-3-1-2-8(16)12(10)17/h1-5,13H,18H2,(H,19,20). The Bertz CT molecular complexity index is 752. The third kappa shape index (κ3) is 2.62. The van der Waals surface area contributed by atoms with Gasteiger partial charge in [-0.05, 0) is 34.1 Å². The molecule has 0 aliphatic carbocycles. The maximum absolute atomic E-state index is 11.6. The van der Waals surface area contributed by atoms with Crippen molar-refractivity contribution in [1.82, 2.24) is 0 Å². The lowest BCUT2D eigenvalue weighted by molar-refractivity contribution is -0.116. The first-order chi connectivity index (χ1) is 9.97. The van der Waals surface area contributed by atoms with Crippen LogP contribution in [0.15, 0.2) is 34.8 Å². The molecule has 1 aliphatic heterocycles. The summed E-state index contributed by atoms with van der Waals surface area (Å²) in [6, 6.07) is 7.90. The Morgan fingerprint density at radius 3 is 2.76 bits per heavy atom. The molecule has 0 aromatic heterocycles. The highest BCUT2D eigenvalue weighted by molar-refractivity contribution is 9.10. The molecule has 0 fully saturated rings. The van der Waals surface area contributed by atoms with Gasteiger partial charge >= 0.3 is 0 Å². The molecule has 1 unspecified atom stereocenters. The van der Waals surface area contributed by atoms with Crippen molar-refractivity contribution >= 4 is 50.7 Å². The molecule has 108 valence electrons. The fourth-order valence-electron chi connectivity index (χ4n) is 2.05. The minimum Gasteiger partial charge on any atom is -0.454 e. The van der Waals surface area contributed by atoms with Crippen LogP contribution in [0.1, 0.15) is 11.6 Å². The van der Waals surface area contributed by atoms with Crippen molar-refractivity contribution in [3.8, 4) is 11.5 Å². The number of hydrogen-bond donors (Lipinski definition) is 2. The van der Waals surface area contributed by atoms with Crippen LogP contribution >= 0.6 is 39.1 Å². The third-order valence-corrected chi connectivity index (χ3v) is 4.54. The summed E-state index contributed by atoms with van der Waals surface area (Å²) in [5, 5.41) is 3.43. The van der Waals surface area contributed by atoms with Crippen LogP contribution in [0.2, 0.25) is 10.0 Å². The summed E-state index contributed by atoms with van der Waals surface area (Å²) < 4.78 is 6.43. The maximum atomic E-state index is 11.6. The van der Waals surface area contributed by atoms with Crippen molar-refractivity contribution < 1.29 is 9.53 Å². The van der Waals surface area contributed by atoms with Gasteiger partial charge in [0, 0.05) is 17.3 Å². The molecule has 7 heteroatoms. The second-order valence-electron chi connectivity index (χ2n) is 4.49. The first-order valence-electron chi connectivity index (χ1n) is 5.99. The van der Waals surface area contributed by atoms with Crippen molar-refractivity contribution in [3.63, 3.8) is 0 Å². The van der Waals surface area contributed by atoms with Gasteiger partial charge in [0.15, 0.2) is 0 Å². The van der Waals surface area contributed by atoms with Crippen LogP contribution in [0.3, 0.4) is 0 Å². The van der Waals surface area contributed by atoms with Gasteiger partial charge in [-0.25, -0.2) is 0 Å². The largest absolute Gasteiger partial charge is 0.454 e. The zero-order chi connectivity index (χ0) is 15.1. The number of nitrogens with two attached hydrogens (primary N) is 1. The number of amides is 1. The second-order valence-corrected chi connectivity index (χ2v) is 6.13. The minimum absolute atomic E-state index is 0.241. The molecule has 3 N–H and O–H groups in total. The molecular weight excluding hydrogens is 379 g/mol. The van der Waals surface area contributed by atoms with Gasteiger partial charge in [0.2, 0.25) is 5.91 Å². The van der Waals surface area contributed by atoms with Crippen molar-refractivity contribution in [2.75, 3.05) is 5.32 Å². The average molecular weight is 388 g/mol. The van der Waals surface area contributed by atoms with Gasteiger partial charge in [0.05, 0.1) is 9.50 Å². The second kappa shape index (κ2) is 5.50. The van der Waals surface area contributed by atoms with E-state index in [1.54, 1.807) is 30.3 Å². The Balaban J connectivity index is 1.99. The van der Waals surface area contributed by atoms with Crippen molar-refractivity contribution in [2.45, 2.75) is 6.04 Å². The quantitative estimate of drug-likeness (QED) is 0.797. The van der Waals surface area contributed by atoms with E-state index in [9.17, 15) is 4.79 Å². The van der Waals surface area contributed by atoms with E-state index in [0.717, 1.165) is 5.56 Å². The molecule has 4 nitrogen and oxygen atoms in total. The highest BCUT2D eigenvalue weighted by Gasteiger charge is 2.28. The number of benzene rings is 2. The molecular formula is C14H9BrCl2N2O2. The summed E-state index contributed by atoms with van der Waals surface area (Å²) in [5.41, 5.74) is 7.14. The summed E-state index contributed by atoms with van der Waals surface area (Å²) in [7, 11) is 0. The number of anilines is 1. The van der Waals surface area contributed by atoms with Crippen LogP contribution in [-0.2, 0) is 4.79 Å². The zero-order valence-electron chi connectivity index (χ0n) is 10.5. The lowest BCUT2D eigenvalue weighted by Gasteiger charge is -2.12. The number of nitrogens with one attached hydrogen (secondary N) is 1. The Kier molecular flexibility index (Phi) is 3.84. The van der Waals surface area contributed by atoms with E-state index in [4.69, 9.17) is 33.7 Å². The van der Waals surface area contributed by atoms with Gasteiger partial charge in [-0.2, -0.15) is 0 Å². The lowest BCUT2D eigenvalue weighted by atomic mass is 10.1. The number of halogens is 3. The third-order valence-electron chi connectivity index (χ3n) is 3.12. The number of carbonyl (C=O) groups is 1. The van der Waals surface area contributed by atoms with Gasteiger partial charge < -0.3 is 15.8 Å². The Morgan fingerprint density at radius 2 is 2.00 bits per heavy atom. The first kappa shape index (κ1) is 14.7. The summed E-state index contributed by atoms with van der Waals surface area (Å²) in [5.74, 6) is 0.695. The lowest BCUT2D eigenvalue weighted by Crippen LogP contribution is -2.19. The van der Waals surface area contributed by atoms with Gasteiger partial charge in [0.25, 0.3) is 0 Å². The van der Waals surface area contributed by atoms with E-state index < -0.39 is 6.04 Å². The van der Waals surface area contributed by atoms with Gasteiger partial charge in [0.1, 0.15) is 22.6 Å². The van der Waals surface area contributed by atoms with Crippen LogP contribution in [-0.4, -0.2) is 5.91 Å². The van der Waals surface area contributed by atoms with E-state index in [1.165, 1.54) is 0 Å². The molecule has 2 aromatic rings. The van der Waals surface area contributed by atoms with Crippen molar-refractivity contribution in [1.29, 1.82) is 0 Å². The molecule has 1 heterocycles. The smallest absolute Gasteiger partial charge is 0.245 e. The topological polar surface area (TPSA) is 64.4 Å². The first-order valence-corrected chi connectivity index (χ1v) is 7.54. The molecule has 2 aromatic carbocycles. The van der Waals surface area contributed by atoms with E-state index in [-0.39, 0.29) is 5.91 Å². The molecule has 1 amide bonds. The Morgan fingerprint density at radius 1 is 1.24 bits per heavy atom. The van der Waals surface area contributed by atoms with E-state index in [1.807, 2.05) is 0 Å². The van der Waals surface area contributed by atoms with E-state index in [0.29, 0.717) is 31.7 Å². The van der Waals surface area contributed by atoms with Crippen LogP contribution in [0.5, 0.6) is 11.5 Å². The SMILES string of the molecule is NC1C(=O)Nc2cc(Oc3cccc(Cl)c3Cl)c(Br)cc21. The van der Waals surface area contributed by atoms with Crippen molar-refractivity contribution in [3.05, 3.63) is 50.4 Å². The van der Waals surface area contributed by atoms with Crippen LogP contribution in [0.4, 0.5) is 5.69 Å². The van der Waals surface area contributed by atoms with Gasteiger partial charge in [-0.3, -0.25) is 4.79 Å². The zero-order valence-corrected chi connectivity index (χ0v) is 13.6. The number of ether oxygens (including phenoxy) is 1. The number of carbonyl (C=O) groups excluding carboxylic acids is 1. The van der Waals surface area contributed by atoms with Gasteiger partial charge in [-0.1, -0.05) is 29.3 Å². The molecule has 0 spiro atoms. The summed E-state index contributed by atoms with van der Waals surface area (Å²) in [4.78, 5) is 11.6. The molecule has 1 aliphatic rings. The van der Waals surface area contributed by atoms with E-state index in [2.05, 4.69) is 21.2 Å². The molecule has 0 bridgehead atoms. The summed E-state index contributed by atoms with van der Waals surface area (Å²) >= 11 is 15.5. The molecule has 3 rings (SSSR count). The van der Waals surface area contributed by atoms with Crippen molar-refractivity contribution in [2.24, 2.45) is 5.73 Å². The Hall–Kier alpha value is -1.27. The maximum Gasteiger partial charge on any atom is 0.245 e. The summed E-state index contributed by atoms with van der Waals surface area (Å²) in [6.45, 7) is 0. The van der Waals surface area contributed by atoms with Crippen LogP contribution in [0, 0.1) is 0 Å². The average Bonchev–Trinajstić information content (AvgIpc) is 2.71. The van der Waals surface area contributed by atoms with E-state index >= 15 is 0 Å². The number of hydrogen-bond acceptors (Lipinski definition) is 3. The fourth-order valence-corrected chi connectivity index (χ4v) is 2.82. The molecule has 0 radical (unpaired) electrons. The number of fused-ring (bicyclic) bond motifs is 1. The molecule has 0 saturated heterocycles. The number of rotatable bonds is 2. The highest BCUT2D eigenvalue weighted by Crippen LogP contribution is 2.41. The molecule has 1 atom stereocenters. The monoisotopic (exact) mass is 386 g/mol. The Labute approximate surface area is 139 Å². The predicted molar refractivity (Wildman–Crippen MR) is 86.2 cm³/mol. The van der Waals surface area contributed by atoms with Crippen LogP contribution in [0.25, 0.3) is 0 Å². The van der Waals surface area contributed by atoms with Crippen LogP contribution < -0.4 is 15.8 Å². The summed E-state index contributed by atoms with van der Waals surface area (Å²) in [6.07, 6.45) is 0. The fraction of sp³-hybridized carbons (Fsp3) is 0.0714. The molecule has 0 saturated carbocycles. The minimum atomic E-state index is -0.667.